The number of hydrogen-bond acceptors (Lipinski definition) is 4. The summed E-state index contributed by atoms with van der Waals surface area (Å²) in [6.45, 7) is 5.20. The number of hydrogen-bond donors (Lipinski definition) is 3. The summed E-state index contributed by atoms with van der Waals surface area (Å²) in [5.41, 5.74) is 11.4. The lowest BCUT2D eigenvalue weighted by Crippen LogP contribution is -2.15. The summed E-state index contributed by atoms with van der Waals surface area (Å²) in [7, 11) is 0. The van der Waals surface area contributed by atoms with Crippen molar-refractivity contribution >= 4 is 17.4 Å². The molecular formula is C12H20N4O. The van der Waals surface area contributed by atoms with Crippen LogP contribution in [-0.4, -0.2) is 17.4 Å². The highest BCUT2D eigenvalue weighted by atomic mass is 16.1. The van der Waals surface area contributed by atoms with Gasteiger partial charge in [-0.25, -0.2) is 4.98 Å². The van der Waals surface area contributed by atoms with Crippen LogP contribution < -0.4 is 16.8 Å². The van der Waals surface area contributed by atoms with Crippen molar-refractivity contribution in [2.45, 2.75) is 26.7 Å². The molecule has 0 aliphatic carbocycles. The van der Waals surface area contributed by atoms with Crippen LogP contribution >= 0.6 is 0 Å². The predicted octanol–water partition coefficient (Wildman–Crippen LogP) is 1.61. The Kier molecular flexibility index (Phi) is 4.75. The fraction of sp³-hybridized carbons (Fsp3) is 0.500. The van der Waals surface area contributed by atoms with Gasteiger partial charge in [-0.3, -0.25) is 4.79 Å². The van der Waals surface area contributed by atoms with Gasteiger partial charge in [0.05, 0.1) is 17.4 Å². The summed E-state index contributed by atoms with van der Waals surface area (Å²) in [4.78, 5) is 15.2. The number of carbonyl (C=O) groups excluding carboxylic acids is 1. The molecule has 0 bridgehead atoms. The lowest BCUT2D eigenvalue weighted by atomic mass is 10.1. The molecule has 0 saturated carbocycles. The SMILES string of the molecule is CC(C)CCCNc1cc(C(N)=O)c(N)cn1. The Hall–Kier alpha value is -1.78. The number of primary amides is 1. The van der Waals surface area contributed by atoms with Gasteiger partial charge in [0.25, 0.3) is 5.91 Å². The molecule has 1 amide bonds. The van der Waals surface area contributed by atoms with Gasteiger partial charge in [-0.1, -0.05) is 13.8 Å². The quantitative estimate of drug-likeness (QED) is 0.654. The second kappa shape index (κ2) is 6.08. The average Bonchev–Trinajstić information content (AvgIpc) is 2.25. The smallest absolute Gasteiger partial charge is 0.250 e. The number of nitrogens with one attached hydrogen (secondary N) is 1. The van der Waals surface area contributed by atoms with Crippen LogP contribution in [0.4, 0.5) is 11.5 Å². The molecule has 0 spiro atoms. The van der Waals surface area contributed by atoms with E-state index >= 15 is 0 Å². The van der Waals surface area contributed by atoms with Crippen LogP contribution in [0.15, 0.2) is 12.3 Å². The minimum Gasteiger partial charge on any atom is -0.397 e. The van der Waals surface area contributed by atoms with Crippen molar-refractivity contribution < 1.29 is 4.79 Å². The van der Waals surface area contributed by atoms with Gasteiger partial charge >= 0.3 is 0 Å². The first-order chi connectivity index (χ1) is 8.00. The van der Waals surface area contributed by atoms with Crippen molar-refractivity contribution in [3.05, 3.63) is 17.8 Å². The molecule has 1 aromatic heterocycles. The molecule has 17 heavy (non-hydrogen) atoms. The van der Waals surface area contributed by atoms with Gasteiger partial charge in [0.1, 0.15) is 5.82 Å². The number of nitrogens with zero attached hydrogens (tertiary/aromatic N) is 1. The molecule has 0 saturated heterocycles. The minimum absolute atomic E-state index is 0.310. The van der Waals surface area contributed by atoms with Crippen LogP contribution in [0.5, 0.6) is 0 Å². The average molecular weight is 236 g/mol. The molecule has 5 nitrogen and oxygen atoms in total. The lowest BCUT2D eigenvalue weighted by molar-refractivity contribution is 0.100. The first-order valence-corrected chi connectivity index (χ1v) is 5.80. The molecule has 5 N–H and O–H groups in total. The van der Waals surface area contributed by atoms with Gasteiger partial charge in [-0.2, -0.15) is 0 Å². The first kappa shape index (κ1) is 13.3. The van der Waals surface area contributed by atoms with Crippen molar-refractivity contribution in [3.63, 3.8) is 0 Å². The zero-order valence-electron chi connectivity index (χ0n) is 10.4. The first-order valence-electron chi connectivity index (χ1n) is 5.80. The molecule has 94 valence electrons. The van der Waals surface area contributed by atoms with Gasteiger partial charge in [-0.05, 0) is 24.8 Å². The molecule has 0 aromatic carbocycles. The molecule has 0 radical (unpaired) electrons. The number of amides is 1. The summed E-state index contributed by atoms with van der Waals surface area (Å²) < 4.78 is 0. The Morgan fingerprint density at radius 2 is 2.24 bits per heavy atom. The molecule has 1 rings (SSSR count). The normalized spacial score (nSPS) is 10.5. The number of rotatable bonds is 6. The standard InChI is InChI=1S/C12H20N4O/c1-8(2)4-3-5-15-11-6-9(12(14)17)10(13)7-16-11/h6-8H,3-5,13H2,1-2H3,(H2,14,17)(H,15,16). The molecule has 1 aromatic rings. The van der Waals surface area contributed by atoms with Gasteiger partial charge in [0.2, 0.25) is 0 Å². The molecule has 1 heterocycles. The Morgan fingerprint density at radius 1 is 1.53 bits per heavy atom. The van der Waals surface area contributed by atoms with Crippen LogP contribution in [0.3, 0.4) is 0 Å². The Balaban J connectivity index is 2.54. The van der Waals surface area contributed by atoms with Crippen LogP contribution in [0.1, 0.15) is 37.0 Å². The maximum Gasteiger partial charge on any atom is 0.250 e. The lowest BCUT2D eigenvalue weighted by Gasteiger charge is -2.09. The van der Waals surface area contributed by atoms with Crippen LogP contribution in [0, 0.1) is 5.92 Å². The molecule has 5 heteroatoms. The van der Waals surface area contributed by atoms with Crippen LogP contribution in [-0.2, 0) is 0 Å². The zero-order valence-corrected chi connectivity index (χ0v) is 10.4. The van der Waals surface area contributed by atoms with E-state index in [4.69, 9.17) is 11.5 Å². The minimum atomic E-state index is -0.532. The third kappa shape index (κ3) is 4.30. The van der Waals surface area contributed by atoms with Gasteiger partial charge in [0.15, 0.2) is 0 Å². The fourth-order valence-corrected chi connectivity index (χ4v) is 1.50. The molecule has 0 aliphatic heterocycles. The highest BCUT2D eigenvalue weighted by Crippen LogP contribution is 2.14. The van der Waals surface area contributed by atoms with Crippen molar-refractivity contribution in [2.24, 2.45) is 11.7 Å². The van der Waals surface area contributed by atoms with Crippen LogP contribution in [0.2, 0.25) is 0 Å². The highest BCUT2D eigenvalue weighted by Gasteiger charge is 2.07. The van der Waals surface area contributed by atoms with Crippen molar-refractivity contribution in [1.29, 1.82) is 0 Å². The van der Waals surface area contributed by atoms with E-state index < -0.39 is 5.91 Å². The largest absolute Gasteiger partial charge is 0.397 e. The molecular weight excluding hydrogens is 216 g/mol. The maximum absolute atomic E-state index is 11.1. The summed E-state index contributed by atoms with van der Waals surface area (Å²) in [5.74, 6) is 0.796. The summed E-state index contributed by atoms with van der Waals surface area (Å²) in [6.07, 6.45) is 3.67. The Labute approximate surface area is 102 Å². The molecule has 0 fully saturated rings. The summed E-state index contributed by atoms with van der Waals surface area (Å²) in [5, 5.41) is 3.15. The second-order valence-electron chi connectivity index (χ2n) is 4.48. The number of nitrogens with two attached hydrogens (primary N) is 2. The van der Waals surface area contributed by atoms with E-state index in [1.807, 2.05) is 0 Å². The number of anilines is 2. The van der Waals surface area contributed by atoms with E-state index in [1.54, 1.807) is 6.07 Å². The highest BCUT2D eigenvalue weighted by molar-refractivity contribution is 5.98. The van der Waals surface area contributed by atoms with Gasteiger partial charge in [0, 0.05) is 6.54 Å². The number of nitrogen functional groups attached to an aromatic ring is 1. The predicted molar refractivity (Wildman–Crippen MR) is 69.7 cm³/mol. The summed E-state index contributed by atoms with van der Waals surface area (Å²) >= 11 is 0. The van der Waals surface area contributed by atoms with Gasteiger partial charge < -0.3 is 16.8 Å². The third-order valence-electron chi connectivity index (χ3n) is 2.46. The van der Waals surface area contributed by atoms with Crippen LogP contribution in [0.25, 0.3) is 0 Å². The van der Waals surface area contributed by atoms with Gasteiger partial charge in [-0.15, -0.1) is 0 Å². The van der Waals surface area contributed by atoms with Crippen molar-refractivity contribution in [1.82, 2.24) is 4.98 Å². The number of carbonyl (C=O) groups is 1. The topological polar surface area (TPSA) is 94.0 Å². The van der Waals surface area contributed by atoms with Crippen molar-refractivity contribution in [3.8, 4) is 0 Å². The molecule has 0 atom stereocenters. The zero-order chi connectivity index (χ0) is 12.8. The van der Waals surface area contributed by atoms with E-state index in [1.165, 1.54) is 6.20 Å². The molecule has 0 unspecified atom stereocenters. The second-order valence-corrected chi connectivity index (χ2v) is 4.48. The monoisotopic (exact) mass is 236 g/mol. The van der Waals surface area contributed by atoms with E-state index in [-0.39, 0.29) is 0 Å². The number of pyridine rings is 1. The number of aromatic nitrogens is 1. The van der Waals surface area contributed by atoms with E-state index in [2.05, 4.69) is 24.1 Å². The fourth-order valence-electron chi connectivity index (χ4n) is 1.50. The Morgan fingerprint density at radius 3 is 2.82 bits per heavy atom. The van der Waals surface area contributed by atoms with E-state index in [9.17, 15) is 4.79 Å². The van der Waals surface area contributed by atoms with E-state index in [0.717, 1.165) is 19.4 Å². The maximum atomic E-state index is 11.1. The van der Waals surface area contributed by atoms with E-state index in [0.29, 0.717) is 23.0 Å². The van der Waals surface area contributed by atoms with Crippen molar-refractivity contribution in [2.75, 3.05) is 17.6 Å². The third-order valence-corrected chi connectivity index (χ3v) is 2.46. The Bertz CT molecular complexity index is 390. The summed E-state index contributed by atoms with van der Waals surface area (Å²) in [6, 6.07) is 1.59. The molecule has 0 aliphatic rings.